The normalized spacial score (nSPS) is 10.9. The van der Waals surface area contributed by atoms with Gasteiger partial charge in [0, 0.05) is 25.9 Å². The first-order valence-corrected chi connectivity index (χ1v) is 10.6. The van der Waals surface area contributed by atoms with Crippen molar-refractivity contribution in [3.8, 4) is 17.2 Å². The summed E-state index contributed by atoms with van der Waals surface area (Å²) >= 11 is 0. The summed E-state index contributed by atoms with van der Waals surface area (Å²) in [6.07, 6.45) is -3.16. The molecule has 0 atom stereocenters. The molecule has 12 heteroatoms. The molecule has 3 aromatic rings. The number of alkyl halides is 3. The lowest BCUT2D eigenvalue weighted by molar-refractivity contribution is -0.137. The first-order valence-electron chi connectivity index (χ1n) is 10.6. The van der Waals surface area contributed by atoms with Gasteiger partial charge in [-0.05, 0) is 42.0 Å². The maximum Gasteiger partial charge on any atom is 0.416 e. The lowest BCUT2D eigenvalue weighted by Crippen LogP contribution is -2.28. The van der Waals surface area contributed by atoms with E-state index >= 15 is 0 Å². The highest BCUT2D eigenvalue weighted by Crippen LogP contribution is 2.35. The fourth-order valence-electron chi connectivity index (χ4n) is 2.97. The molecule has 0 fully saturated rings. The van der Waals surface area contributed by atoms with Crippen LogP contribution in [0.5, 0.6) is 17.2 Å². The van der Waals surface area contributed by atoms with Crippen LogP contribution >= 0.6 is 0 Å². The van der Waals surface area contributed by atoms with Crippen molar-refractivity contribution in [2.75, 3.05) is 25.6 Å². The van der Waals surface area contributed by atoms with Gasteiger partial charge in [0.25, 0.3) is 5.91 Å². The summed E-state index contributed by atoms with van der Waals surface area (Å²) in [6, 6.07) is 11.7. The van der Waals surface area contributed by atoms with E-state index in [1.54, 1.807) is 30.3 Å². The van der Waals surface area contributed by atoms with E-state index in [9.17, 15) is 22.8 Å². The van der Waals surface area contributed by atoms with Gasteiger partial charge in [0.15, 0.2) is 0 Å². The number of carbonyl (C=O) groups excluding carboxylic acids is 2. The standard InChI is InChI=1S/C24H23F3N4O5/c1-28-22(33)20-13-18(8-9-29-20)36-17-5-2-15(3-6-17)14-30-23(34)31-19-12-16(24(25,26)27)4-7-21(19)35-11-10-32/h2-9,12-13,32H,10-11,14H2,1H3,(H,28,33)(H2,30,31,34). The third-order valence-electron chi connectivity index (χ3n) is 4.71. The summed E-state index contributed by atoms with van der Waals surface area (Å²) in [5.41, 5.74) is -0.249. The van der Waals surface area contributed by atoms with Crippen LogP contribution in [0.3, 0.4) is 0 Å². The maximum atomic E-state index is 13.1. The summed E-state index contributed by atoms with van der Waals surface area (Å²) in [5, 5.41) is 16.3. The van der Waals surface area contributed by atoms with Gasteiger partial charge in [-0.2, -0.15) is 13.2 Å². The average Bonchev–Trinajstić information content (AvgIpc) is 2.86. The van der Waals surface area contributed by atoms with Crippen molar-refractivity contribution in [3.63, 3.8) is 0 Å². The molecule has 1 heterocycles. The Morgan fingerprint density at radius 3 is 2.44 bits per heavy atom. The number of urea groups is 1. The van der Waals surface area contributed by atoms with E-state index in [1.807, 2.05) is 0 Å². The van der Waals surface area contributed by atoms with Crippen molar-refractivity contribution < 1.29 is 37.3 Å². The summed E-state index contributed by atoms with van der Waals surface area (Å²) < 4.78 is 50.1. The molecule has 2 aromatic carbocycles. The van der Waals surface area contributed by atoms with Gasteiger partial charge in [0.2, 0.25) is 0 Å². The number of nitrogens with zero attached hydrogens (tertiary/aromatic N) is 1. The molecule has 3 amide bonds. The number of pyridine rings is 1. The third kappa shape index (κ3) is 7.34. The minimum Gasteiger partial charge on any atom is -0.489 e. The zero-order chi connectivity index (χ0) is 26.1. The van der Waals surface area contributed by atoms with Gasteiger partial charge in [0.05, 0.1) is 17.9 Å². The van der Waals surface area contributed by atoms with Gasteiger partial charge < -0.3 is 30.5 Å². The zero-order valence-electron chi connectivity index (χ0n) is 19.1. The molecule has 0 saturated carbocycles. The minimum atomic E-state index is -4.60. The molecule has 0 saturated heterocycles. The topological polar surface area (TPSA) is 122 Å². The highest BCUT2D eigenvalue weighted by atomic mass is 19.4. The van der Waals surface area contributed by atoms with E-state index in [0.29, 0.717) is 17.1 Å². The van der Waals surface area contributed by atoms with Crippen LogP contribution in [-0.4, -0.2) is 42.3 Å². The first kappa shape index (κ1) is 26.3. The molecule has 0 aliphatic carbocycles. The lowest BCUT2D eigenvalue weighted by Gasteiger charge is -2.15. The first-order chi connectivity index (χ1) is 17.2. The fraction of sp³-hybridized carbons (Fsp3) is 0.208. The number of hydrogen-bond acceptors (Lipinski definition) is 6. The SMILES string of the molecule is CNC(=O)c1cc(Oc2ccc(CNC(=O)Nc3cc(C(F)(F)F)ccc3OCCO)cc2)ccn1. The van der Waals surface area contributed by atoms with Gasteiger partial charge >= 0.3 is 12.2 Å². The van der Waals surface area contributed by atoms with E-state index in [-0.39, 0.29) is 42.8 Å². The van der Waals surface area contributed by atoms with Crippen LogP contribution in [0.4, 0.5) is 23.7 Å². The van der Waals surface area contributed by atoms with Crippen LogP contribution in [0, 0.1) is 0 Å². The van der Waals surface area contributed by atoms with Crippen LogP contribution in [0.2, 0.25) is 0 Å². The van der Waals surface area contributed by atoms with Crippen molar-refractivity contribution in [2.45, 2.75) is 12.7 Å². The number of aromatic nitrogens is 1. The molecule has 0 bridgehead atoms. The van der Waals surface area contributed by atoms with Gasteiger partial charge in [-0.25, -0.2) is 4.79 Å². The molecule has 36 heavy (non-hydrogen) atoms. The average molecular weight is 504 g/mol. The number of amides is 3. The Hall–Kier alpha value is -4.32. The number of nitrogens with one attached hydrogen (secondary N) is 3. The van der Waals surface area contributed by atoms with E-state index in [2.05, 4.69) is 20.9 Å². The second-order valence-electron chi connectivity index (χ2n) is 7.29. The van der Waals surface area contributed by atoms with Gasteiger partial charge in [-0.1, -0.05) is 12.1 Å². The quantitative estimate of drug-likeness (QED) is 0.350. The third-order valence-corrected chi connectivity index (χ3v) is 4.71. The Morgan fingerprint density at radius 1 is 1.03 bits per heavy atom. The second kappa shape index (κ2) is 11.9. The highest BCUT2D eigenvalue weighted by molar-refractivity contribution is 5.92. The lowest BCUT2D eigenvalue weighted by atomic mass is 10.1. The monoisotopic (exact) mass is 504 g/mol. The highest BCUT2D eigenvalue weighted by Gasteiger charge is 2.31. The Labute approximate surface area is 204 Å². The molecule has 4 N–H and O–H groups in total. The van der Waals surface area contributed by atoms with Crippen LogP contribution < -0.4 is 25.4 Å². The number of anilines is 1. The number of hydrogen-bond donors (Lipinski definition) is 4. The van der Waals surface area contributed by atoms with E-state index < -0.39 is 17.8 Å². The molecular weight excluding hydrogens is 481 g/mol. The summed E-state index contributed by atoms with van der Waals surface area (Å²) in [5.74, 6) is 0.530. The van der Waals surface area contributed by atoms with Crippen LogP contribution in [-0.2, 0) is 12.7 Å². The number of benzene rings is 2. The number of rotatable bonds is 9. The molecule has 9 nitrogen and oxygen atoms in total. The number of ether oxygens (including phenoxy) is 2. The van der Waals surface area contributed by atoms with Crippen molar-refractivity contribution in [3.05, 3.63) is 77.6 Å². The van der Waals surface area contributed by atoms with Crippen molar-refractivity contribution in [1.82, 2.24) is 15.6 Å². The molecule has 1 aromatic heterocycles. The van der Waals surface area contributed by atoms with Crippen LogP contribution in [0.1, 0.15) is 21.6 Å². The molecule has 0 radical (unpaired) electrons. The largest absolute Gasteiger partial charge is 0.489 e. The second-order valence-corrected chi connectivity index (χ2v) is 7.29. The Morgan fingerprint density at radius 2 is 1.78 bits per heavy atom. The van der Waals surface area contributed by atoms with Crippen LogP contribution in [0.15, 0.2) is 60.8 Å². The van der Waals surface area contributed by atoms with Gasteiger partial charge in [0.1, 0.15) is 29.5 Å². The van der Waals surface area contributed by atoms with Crippen molar-refractivity contribution in [2.24, 2.45) is 0 Å². The predicted molar refractivity (Wildman–Crippen MR) is 124 cm³/mol. The van der Waals surface area contributed by atoms with Crippen LogP contribution in [0.25, 0.3) is 0 Å². The number of aliphatic hydroxyl groups is 1. The number of aliphatic hydroxyl groups excluding tert-OH is 1. The maximum absolute atomic E-state index is 13.1. The number of carbonyl (C=O) groups is 2. The molecule has 0 aliphatic rings. The predicted octanol–water partition coefficient (Wildman–Crippen LogP) is 3.95. The Kier molecular flexibility index (Phi) is 8.68. The van der Waals surface area contributed by atoms with E-state index in [4.69, 9.17) is 14.6 Å². The molecule has 0 unspecified atom stereocenters. The molecule has 190 valence electrons. The van der Waals surface area contributed by atoms with E-state index in [1.165, 1.54) is 19.3 Å². The smallest absolute Gasteiger partial charge is 0.416 e. The van der Waals surface area contributed by atoms with Crippen molar-refractivity contribution in [1.29, 1.82) is 0 Å². The number of halogens is 3. The Balaban J connectivity index is 1.60. The zero-order valence-corrected chi connectivity index (χ0v) is 19.1. The molecule has 0 aliphatic heterocycles. The summed E-state index contributed by atoms with van der Waals surface area (Å²) in [4.78, 5) is 28.0. The summed E-state index contributed by atoms with van der Waals surface area (Å²) in [6.45, 7) is -0.417. The van der Waals surface area contributed by atoms with Gasteiger partial charge in [-0.3, -0.25) is 9.78 Å². The minimum absolute atomic E-state index is 0.00982. The van der Waals surface area contributed by atoms with Crippen molar-refractivity contribution >= 4 is 17.6 Å². The Bertz CT molecular complexity index is 1200. The van der Waals surface area contributed by atoms with Gasteiger partial charge in [-0.15, -0.1) is 0 Å². The van der Waals surface area contributed by atoms with E-state index in [0.717, 1.165) is 18.2 Å². The fourth-order valence-corrected chi connectivity index (χ4v) is 2.97. The molecule has 3 rings (SSSR count). The molecular formula is C24H23F3N4O5. The summed E-state index contributed by atoms with van der Waals surface area (Å²) in [7, 11) is 1.49. The molecule has 0 spiro atoms.